The topological polar surface area (TPSA) is 41.1 Å². The van der Waals surface area contributed by atoms with Crippen LogP contribution in [0.1, 0.15) is 12.8 Å². The van der Waals surface area contributed by atoms with Crippen LogP contribution in [0.4, 0.5) is 5.69 Å². The Labute approximate surface area is 93.8 Å². The first-order valence-electron chi connectivity index (χ1n) is 5.06. The SMILES string of the molecule is O=C(Nc1ccccc1Cl)[C@@H]1CCCN1. The molecular formula is C11H13ClN2O. The Hall–Kier alpha value is -1.06. The number of nitrogens with one attached hydrogen (secondary N) is 2. The first-order valence-corrected chi connectivity index (χ1v) is 5.44. The molecule has 1 atom stereocenters. The largest absolute Gasteiger partial charge is 0.323 e. The molecule has 1 amide bonds. The molecule has 0 spiro atoms. The summed E-state index contributed by atoms with van der Waals surface area (Å²) in [5.74, 6) is 0.000556. The number of amides is 1. The highest BCUT2D eigenvalue weighted by molar-refractivity contribution is 6.33. The summed E-state index contributed by atoms with van der Waals surface area (Å²) in [4.78, 5) is 11.7. The van der Waals surface area contributed by atoms with Gasteiger partial charge in [-0.25, -0.2) is 0 Å². The van der Waals surface area contributed by atoms with E-state index in [2.05, 4.69) is 10.6 Å². The van der Waals surface area contributed by atoms with Crippen molar-refractivity contribution in [3.05, 3.63) is 29.3 Å². The van der Waals surface area contributed by atoms with Crippen LogP contribution in [-0.4, -0.2) is 18.5 Å². The standard InChI is InChI=1S/C11H13ClN2O/c12-8-4-1-2-5-9(8)14-11(15)10-6-3-7-13-10/h1-2,4-5,10,13H,3,6-7H2,(H,14,15)/t10-/m0/s1. The molecule has 2 rings (SSSR count). The van der Waals surface area contributed by atoms with Crippen LogP contribution in [0.2, 0.25) is 5.02 Å². The molecule has 0 saturated carbocycles. The van der Waals surface area contributed by atoms with Crippen LogP contribution in [0, 0.1) is 0 Å². The average Bonchev–Trinajstić information content (AvgIpc) is 2.74. The van der Waals surface area contributed by atoms with Gasteiger partial charge in [0.1, 0.15) is 0 Å². The molecule has 1 aliphatic heterocycles. The van der Waals surface area contributed by atoms with Crippen LogP contribution in [0.5, 0.6) is 0 Å². The van der Waals surface area contributed by atoms with Crippen molar-refractivity contribution in [1.82, 2.24) is 5.32 Å². The summed E-state index contributed by atoms with van der Waals surface area (Å²) < 4.78 is 0. The number of carbonyl (C=O) groups excluding carboxylic acids is 1. The minimum absolute atomic E-state index is 0.000556. The van der Waals surface area contributed by atoms with Crippen LogP contribution in [0.3, 0.4) is 0 Å². The van der Waals surface area contributed by atoms with Crippen molar-refractivity contribution >= 4 is 23.2 Å². The van der Waals surface area contributed by atoms with E-state index in [-0.39, 0.29) is 11.9 Å². The smallest absolute Gasteiger partial charge is 0.241 e. The van der Waals surface area contributed by atoms with Crippen LogP contribution in [0.15, 0.2) is 24.3 Å². The molecule has 1 aliphatic rings. The number of halogens is 1. The number of anilines is 1. The van der Waals surface area contributed by atoms with Crippen LogP contribution < -0.4 is 10.6 Å². The van der Waals surface area contributed by atoms with Gasteiger partial charge in [0.15, 0.2) is 0 Å². The minimum Gasteiger partial charge on any atom is -0.323 e. The number of hydrogen-bond acceptors (Lipinski definition) is 2. The lowest BCUT2D eigenvalue weighted by molar-refractivity contribution is -0.117. The molecule has 0 bridgehead atoms. The third-order valence-electron chi connectivity index (χ3n) is 2.51. The Morgan fingerprint density at radius 3 is 2.93 bits per heavy atom. The van der Waals surface area contributed by atoms with Crippen molar-refractivity contribution < 1.29 is 4.79 Å². The number of carbonyl (C=O) groups is 1. The molecule has 1 saturated heterocycles. The fraction of sp³-hybridized carbons (Fsp3) is 0.364. The van der Waals surface area contributed by atoms with Crippen LogP contribution in [0.25, 0.3) is 0 Å². The molecule has 0 aliphatic carbocycles. The monoisotopic (exact) mass is 224 g/mol. The van der Waals surface area contributed by atoms with Gasteiger partial charge in [0.05, 0.1) is 16.8 Å². The fourth-order valence-electron chi connectivity index (χ4n) is 1.69. The van der Waals surface area contributed by atoms with Crippen molar-refractivity contribution in [2.24, 2.45) is 0 Å². The van der Waals surface area contributed by atoms with Gasteiger partial charge in [-0.1, -0.05) is 23.7 Å². The first kappa shape index (κ1) is 10.5. The molecule has 1 aromatic carbocycles. The maximum Gasteiger partial charge on any atom is 0.241 e. The third-order valence-corrected chi connectivity index (χ3v) is 2.84. The number of para-hydroxylation sites is 1. The molecule has 80 valence electrons. The zero-order chi connectivity index (χ0) is 10.7. The molecular weight excluding hydrogens is 212 g/mol. The second kappa shape index (κ2) is 4.64. The molecule has 4 heteroatoms. The van der Waals surface area contributed by atoms with E-state index in [1.165, 1.54) is 0 Å². The fourth-order valence-corrected chi connectivity index (χ4v) is 1.87. The molecule has 1 heterocycles. The maximum atomic E-state index is 11.7. The Morgan fingerprint density at radius 1 is 1.47 bits per heavy atom. The first-order chi connectivity index (χ1) is 7.27. The Balaban J connectivity index is 2.02. The molecule has 1 fully saturated rings. The zero-order valence-electron chi connectivity index (χ0n) is 8.29. The summed E-state index contributed by atoms with van der Waals surface area (Å²) in [5.41, 5.74) is 0.679. The van der Waals surface area contributed by atoms with E-state index >= 15 is 0 Å². The zero-order valence-corrected chi connectivity index (χ0v) is 9.05. The van der Waals surface area contributed by atoms with Gasteiger partial charge in [-0.15, -0.1) is 0 Å². The highest BCUT2D eigenvalue weighted by atomic mass is 35.5. The van der Waals surface area contributed by atoms with Crippen LogP contribution in [-0.2, 0) is 4.79 Å². The third kappa shape index (κ3) is 2.49. The summed E-state index contributed by atoms with van der Waals surface area (Å²) in [7, 11) is 0. The highest BCUT2D eigenvalue weighted by Crippen LogP contribution is 2.21. The van der Waals surface area contributed by atoms with Gasteiger partial charge in [0, 0.05) is 0 Å². The Morgan fingerprint density at radius 2 is 2.27 bits per heavy atom. The van der Waals surface area contributed by atoms with Gasteiger partial charge in [0.2, 0.25) is 5.91 Å². The second-order valence-corrected chi connectivity index (χ2v) is 4.03. The summed E-state index contributed by atoms with van der Waals surface area (Å²) >= 11 is 5.94. The van der Waals surface area contributed by atoms with Gasteiger partial charge in [-0.05, 0) is 31.5 Å². The summed E-state index contributed by atoms with van der Waals surface area (Å²) in [6, 6.07) is 7.19. The number of rotatable bonds is 2. The quantitative estimate of drug-likeness (QED) is 0.807. The molecule has 2 N–H and O–H groups in total. The number of hydrogen-bond donors (Lipinski definition) is 2. The lowest BCUT2D eigenvalue weighted by Gasteiger charge is -2.11. The highest BCUT2D eigenvalue weighted by Gasteiger charge is 2.22. The van der Waals surface area contributed by atoms with E-state index in [0.717, 1.165) is 19.4 Å². The van der Waals surface area contributed by atoms with E-state index in [0.29, 0.717) is 10.7 Å². The maximum absolute atomic E-state index is 11.7. The molecule has 0 radical (unpaired) electrons. The summed E-state index contributed by atoms with van der Waals surface area (Å²) in [6.45, 7) is 0.917. The van der Waals surface area contributed by atoms with Gasteiger partial charge in [-0.2, -0.15) is 0 Å². The predicted molar refractivity (Wildman–Crippen MR) is 61.1 cm³/mol. The lowest BCUT2D eigenvalue weighted by Crippen LogP contribution is -2.35. The van der Waals surface area contributed by atoms with Gasteiger partial charge in [-0.3, -0.25) is 4.79 Å². The Bertz CT molecular complexity index is 361. The predicted octanol–water partition coefficient (Wildman–Crippen LogP) is 2.03. The van der Waals surface area contributed by atoms with E-state index in [9.17, 15) is 4.79 Å². The second-order valence-electron chi connectivity index (χ2n) is 3.62. The average molecular weight is 225 g/mol. The summed E-state index contributed by atoms with van der Waals surface area (Å²) in [5, 5.41) is 6.53. The van der Waals surface area contributed by atoms with Crippen molar-refractivity contribution in [1.29, 1.82) is 0 Å². The van der Waals surface area contributed by atoms with Gasteiger partial charge >= 0.3 is 0 Å². The van der Waals surface area contributed by atoms with E-state index in [4.69, 9.17) is 11.6 Å². The molecule has 0 unspecified atom stereocenters. The van der Waals surface area contributed by atoms with Gasteiger partial charge < -0.3 is 10.6 Å². The van der Waals surface area contributed by atoms with Gasteiger partial charge in [0.25, 0.3) is 0 Å². The lowest BCUT2D eigenvalue weighted by atomic mass is 10.2. The van der Waals surface area contributed by atoms with E-state index < -0.39 is 0 Å². The normalized spacial score (nSPS) is 20.2. The summed E-state index contributed by atoms with van der Waals surface area (Å²) in [6.07, 6.45) is 1.96. The number of benzene rings is 1. The molecule has 15 heavy (non-hydrogen) atoms. The molecule has 1 aromatic rings. The van der Waals surface area contributed by atoms with E-state index in [1.54, 1.807) is 12.1 Å². The van der Waals surface area contributed by atoms with Crippen LogP contribution >= 0.6 is 11.6 Å². The molecule has 3 nitrogen and oxygen atoms in total. The van der Waals surface area contributed by atoms with Crippen molar-refractivity contribution in [2.75, 3.05) is 11.9 Å². The van der Waals surface area contributed by atoms with E-state index in [1.807, 2.05) is 12.1 Å². The van der Waals surface area contributed by atoms with Crippen molar-refractivity contribution in [2.45, 2.75) is 18.9 Å². The molecule has 0 aromatic heterocycles. The van der Waals surface area contributed by atoms with Crippen molar-refractivity contribution in [3.63, 3.8) is 0 Å². The van der Waals surface area contributed by atoms with Crippen molar-refractivity contribution in [3.8, 4) is 0 Å². The minimum atomic E-state index is -0.0683. The Kier molecular flexibility index (Phi) is 3.23.